The summed E-state index contributed by atoms with van der Waals surface area (Å²) in [6, 6.07) is 17.2. The molecule has 0 saturated carbocycles. The first-order valence-electron chi connectivity index (χ1n) is 6.28. The van der Waals surface area contributed by atoms with Crippen LogP contribution in [-0.2, 0) is 12.8 Å². The molecular weight excluding hydrogens is 222 g/mol. The predicted molar refractivity (Wildman–Crippen MR) is 70.4 cm³/mol. The van der Waals surface area contributed by atoms with Gasteiger partial charge in [0, 0.05) is 0 Å². The number of aromatic nitrogens is 3. The molecule has 0 bridgehead atoms. The smallest absolute Gasteiger partial charge is 0.113 e. The molecule has 18 heavy (non-hydrogen) atoms. The summed E-state index contributed by atoms with van der Waals surface area (Å²) in [5.74, 6) is 0. The summed E-state index contributed by atoms with van der Waals surface area (Å²) < 4.78 is 2.08. The maximum Gasteiger partial charge on any atom is 0.113 e. The Bertz CT molecular complexity index is 689. The fraction of sp³-hybridized carbons (Fsp3) is 0.200. The van der Waals surface area contributed by atoms with E-state index in [1.165, 1.54) is 11.1 Å². The normalized spacial score (nSPS) is 15.1. The summed E-state index contributed by atoms with van der Waals surface area (Å²) in [6.45, 7) is 0. The van der Waals surface area contributed by atoms with Crippen molar-refractivity contribution in [3.05, 3.63) is 59.7 Å². The summed E-state index contributed by atoms with van der Waals surface area (Å²) in [7, 11) is 0. The van der Waals surface area contributed by atoms with E-state index in [9.17, 15) is 0 Å². The Kier molecular flexibility index (Phi) is 2.00. The second-order valence-electron chi connectivity index (χ2n) is 4.85. The van der Waals surface area contributed by atoms with Crippen molar-refractivity contribution in [1.29, 1.82) is 0 Å². The van der Waals surface area contributed by atoms with Gasteiger partial charge in [-0.25, -0.2) is 4.68 Å². The van der Waals surface area contributed by atoms with Gasteiger partial charge in [0.25, 0.3) is 0 Å². The first-order chi connectivity index (χ1) is 8.92. The monoisotopic (exact) mass is 235 g/mol. The molecule has 0 spiro atoms. The van der Waals surface area contributed by atoms with Gasteiger partial charge in [0.15, 0.2) is 0 Å². The highest BCUT2D eigenvalue weighted by molar-refractivity contribution is 5.74. The van der Waals surface area contributed by atoms with Crippen LogP contribution in [0.2, 0.25) is 0 Å². The van der Waals surface area contributed by atoms with E-state index < -0.39 is 0 Å². The third kappa shape index (κ3) is 1.37. The molecular formula is C15H13N3. The minimum Gasteiger partial charge on any atom is -0.241 e. The van der Waals surface area contributed by atoms with Crippen molar-refractivity contribution >= 4 is 11.0 Å². The van der Waals surface area contributed by atoms with Gasteiger partial charge < -0.3 is 0 Å². The lowest BCUT2D eigenvalue weighted by Crippen LogP contribution is -2.10. The third-order valence-corrected chi connectivity index (χ3v) is 3.75. The SMILES string of the molecule is c1ccc2c(c1)CC(n1nnc3ccccc31)C2. The zero-order valence-corrected chi connectivity index (χ0v) is 9.95. The molecule has 88 valence electrons. The minimum atomic E-state index is 0.412. The lowest BCUT2D eigenvalue weighted by atomic mass is 10.1. The van der Waals surface area contributed by atoms with Crippen molar-refractivity contribution in [2.24, 2.45) is 0 Å². The summed E-state index contributed by atoms with van der Waals surface area (Å²) >= 11 is 0. The standard InChI is InChI=1S/C15H13N3/c1-2-6-12-10-13(9-11(12)5-1)18-15-8-4-3-7-14(15)16-17-18/h1-8,13H,9-10H2. The van der Waals surface area contributed by atoms with Crippen molar-refractivity contribution in [2.45, 2.75) is 18.9 Å². The zero-order chi connectivity index (χ0) is 11.9. The number of fused-ring (bicyclic) bond motifs is 2. The van der Waals surface area contributed by atoms with Gasteiger partial charge in [-0.1, -0.05) is 41.6 Å². The summed E-state index contributed by atoms with van der Waals surface area (Å²) in [5.41, 5.74) is 5.01. The van der Waals surface area contributed by atoms with Gasteiger partial charge >= 0.3 is 0 Å². The number of hydrogen-bond donors (Lipinski definition) is 0. The van der Waals surface area contributed by atoms with Crippen LogP contribution in [-0.4, -0.2) is 15.0 Å². The lowest BCUT2D eigenvalue weighted by Gasteiger charge is -2.09. The summed E-state index contributed by atoms with van der Waals surface area (Å²) in [6.07, 6.45) is 2.12. The highest BCUT2D eigenvalue weighted by atomic mass is 15.4. The van der Waals surface area contributed by atoms with E-state index in [0.29, 0.717) is 6.04 Å². The Labute approximate surface area is 105 Å². The molecule has 1 aromatic heterocycles. The molecule has 3 aromatic rings. The van der Waals surface area contributed by atoms with E-state index in [1.807, 2.05) is 18.2 Å². The van der Waals surface area contributed by atoms with Gasteiger partial charge in [-0.05, 0) is 36.1 Å². The van der Waals surface area contributed by atoms with Crippen LogP contribution < -0.4 is 0 Å². The van der Waals surface area contributed by atoms with Gasteiger partial charge in [0.2, 0.25) is 0 Å². The van der Waals surface area contributed by atoms with Crippen LogP contribution in [0.15, 0.2) is 48.5 Å². The maximum absolute atomic E-state index is 4.33. The molecule has 0 unspecified atom stereocenters. The van der Waals surface area contributed by atoms with Crippen LogP contribution in [0, 0.1) is 0 Å². The second kappa shape index (κ2) is 3.67. The molecule has 1 aliphatic carbocycles. The van der Waals surface area contributed by atoms with Crippen LogP contribution in [0.5, 0.6) is 0 Å². The quantitative estimate of drug-likeness (QED) is 0.649. The number of para-hydroxylation sites is 1. The molecule has 0 aliphatic heterocycles. The fourth-order valence-electron chi connectivity index (χ4n) is 2.87. The predicted octanol–water partition coefficient (Wildman–Crippen LogP) is 2.77. The Balaban J connectivity index is 1.78. The van der Waals surface area contributed by atoms with Crippen LogP contribution in [0.3, 0.4) is 0 Å². The molecule has 4 rings (SSSR count). The van der Waals surface area contributed by atoms with Gasteiger partial charge in [0.05, 0.1) is 11.6 Å². The molecule has 2 aromatic carbocycles. The summed E-state index contributed by atoms with van der Waals surface area (Å²) in [4.78, 5) is 0. The second-order valence-corrected chi connectivity index (χ2v) is 4.85. The molecule has 1 aliphatic rings. The van der Waals surface area contributed by atoms with Crippen LogP contribution in [0.4, 0.5) is 0 Å². The molecule has 0 radical (unpaired) electrons. The average molecular weight is 235 g/mol. The number of benzene rings is 2. The van der Waals surface area contributed by atoms with E-state index >= 15 is 0 Å². The van der Waals surface area contributed by atoms with Crippen LogP contribution in [0.25, 0.3) is 11.0 Å². The zero-order valence-electron chi connectivity index (χ0n) is 9.95. The minimum absolute atomic E-state index is 0.412. The third-order valence-electron chi connectivity index (χ3n) is 3.75. The number of nitrogens with zero attached hydrogens (tertiary/aromatic N) is 3. The topological polar surface area (TPSA) is 30.7 Å². The molecule has 3 heteroatoms. The van der Waals surface area contributed by atoms with E-state index in [4.69, 9.17) is 0 Å². The molecule has 0 amide bonds. The van der Waals surface area contributed by atoms with Crippen molar-refractivity contribution in [2.75, 3.05) is 0 Å². The van der Waals surface area contributed by atoms with Gasteiger partial charge in [-0.2, -0.15) is 0 Å². The van der Waals surface area contributed by atoms with E-state index in [2.05, 4.69) is 45.3 Å². The Morgan fingerprint density at radius 1 is 0.889 bits per heavy atom. The lowest BCUT2D eigenvalue weighted by molar-refractivity contribution is 0.475. The van der Waals surface area contributed by atoms with E-state index in [1.54, 1.807) is 0 Å². The Hall–Kier alpha value is -2.16. The van der Waals surface area contributed by atoms with Crippen LogP contribution >= 0.6 is 0 Å². The molecule has 0 saturated heterocycles. The summed E-state index contributed by atoms with van der Waals surface area (Å²) in [5, 5.41) is 8.57. The largest absolute Gasteiger partial charge is 0.241 e. The maximum atomic E-state index is 4.33. The first-order valence-corrected chi connectivity index (χ1v) is 6.28. The molecule has 0 atom stereocenters. The first kappa shape index (κ1) is 9.83. The van der Waals surface area contributed by atoms with E-state index in [-0.39, 0.29) is 0 Å². The highest BCUT2D eigenvalue weighted by Crippen LogP contribution is 2.31. The fourth-order valence-corrected chi connectivity index (χ4v) is 2.87. The van der Waals surface area contributed by atoms with Gasteiger partial charge in [-0.15, -0.1) is 5.10 Å². The number of hydrogen-bond acceptors (Lipinski definition) is 2. The van der Waals surface area contributed by atoms with Crippen LogP contribution in [0.1, 0.15) is 17.2 Å². The van der Waals surface area contributed by atoms with Crippen molar-refractivity contribution in [1.82, 2.24) is 15.0 Å². The highest BCUT2D eigenvalue weighted by Gasteiger charge is 2.24. The molecule has 0 fully saturated rings. The van der Waals surface area contributed by atoms with Gasteiger partial charge in [0.1, 0.15) is 5.52 Å². The Morgan fingerprint density at radius 3 is 2.33 bits per heavy atom. The number of rotatable bonds is 1. The van der Waals surface area contributed by atoms with Crippen molar-refractivity contribution < 1.29 is 0 Å². The van der Waals surface area contributed by atoms with Crippen molar-refractivity contribution in [3.8, 4) is 0 Å². The van der Waals surface area contributed by atoms with Crippen molar-refractivity contribution in [3.63, 3.8) is 0 Å². The average Bonchev–Trinajstić information content (AvgIpc) is 3.02. The van der Waals surface area contributed by atoms with Gasteiger partial charge in [-0.3, -0.25) is 0 Å². The molecule has 1 heterocycles. The molecule has 0 N–H and O–H groups in total. The molecule has 3 nitrogen and oxygen atoms in total. The van der Waals surface area contributed by atoms with E-state index in [0.717, 1.165) is 23.9 Å². The Morgan fingerprint density at radius 2 is 1.56 bits per heavy atom.